The first-order valence-corrected chi connectivity index (χ1v) is 8.49. The lowest BCUT2D eigenvalue weighted by Crippen LogP contribution is -2.17. The fraction of sp³-hybridized carbons (Fsp3) is 0. The third-order valence-electron chi connectivity index (χ3n) is 3.84. The number of nitrogens with zero attached hydrogens (tertiary/aromatic N) is 3. The van der Waals surface area contributed by atoms with E-state index in [0.29, 0.717) is 0 Å². The van der Waals surface area contributed by atoms with Gasteiger partial charge in [-0.05, 0) is 30.3 Å². The van der Waals surface area contributed by atoms with E-state index in [2.05, 4.69) is 10.5 Å². The highest BCUT2D eigenvalue weighted by atomic mass is 35.5. The molecule has 0 fully saturated rings. The zero-order valence-electron chi connectivity index (χ0n) is 14.8. The number of phenols is 1. The third kappa shape index (κ3) is 4.42. The number of nitro benzene ring substituents is 2. The number of nitrogens with one attached hydrogen (secondary N) is 1. The normalized spacial score (nSPS) is 10.8. The molecule has 0 saturated carbocycles. The Bertz CT molecular complexity index is 1190. The van der Waals surface area contributed by atoms with E-state index in [1.165, 1.54) is 30.3 Å². The zero-order chi connectivity index (χ0) is 21.8. The van der Waals surface area contributed by atoms with Gasteiger partial charge in [0.25, 0.3) is 17.3 Å². The summed E-state index contributed by atoms with van der Waals surface area (Å²) in [5, 5.41) is 35.6. The van der Waals surface area contributed by atoms with Crippen LogP contribution in [0.2, 0.25) is 5.02 Å². The van der Waals surface area contributed by atoms with Gasteiger partial charge in [0, 0.05) is 23.2 Å². The predicted octanol–water partition coefficient (Wildman–Crippen LogP) is 3.89. The molecule has 2 N–H and O–H groups in total. The number of benzene rings is 2. The largest absolute Gasteiger partial charge is 0.507 e. The second-order valence-corrected chi connectivity index (χ2v) is 6.21. The van der Waals surface area contributed by atoms with Crippen molar-refractivity contribution < 1.29 is 24.2 Å². The number of non-ortho nitro benzene ring substituents is 1. The van der Waals surface area contributed by atoms with Gasteiger partial charge in [0.15, 0.2) is 0 Å². The summed E-state index contributed by atoms with van der Waals surface area (Å²) in [5.41, 5.74) is 1.36. The molecule has 0 unspecified atom stereocenters. The van der Waals surface area contributed by atoms with Crippen molar-refractivity contribution in [2.24, 2.45) is 5.10 Å². The van der Waals surface area contributed by atoms with Gasteiger partial charge in [0.2, 0.25) is 0 Å². The Morgan fingerprint density at radius 2 is 1.87 bits per heavy atom. The van der Waals surface area contributed by atoms with Crippen molar-refractivity contribution in [1.82, 2.24) is 5.43 Å². The van der Waals surface area contributed by atoms with Crippen molar-refractivity contribution in [3.63, 3.8) is 0 Å². The monoisotopic (exact) mass is 430 g/mol. The molecule has 11 nitrogen and oxygen atoms in total. The summed E-state index contributed by atoms with van der Waals surface area (Å²) in [6.07, 6.45) is 1.12. The number of halogens is 1. The molecule has 1 aromatic heterocycles. The maximum absolute atomic E-state index is 12.1. The number of hydrogen-bond donors (Lipinski definition) is 2. The Morgan fingerprint density at radius 3 is 2.57 bits per heavy atom. The molecule has 1 amide bonds. The van der Waals surface area contributed by atoms with E-state index in [9.17, 15) is 30.1 Å². The maximum atomic E-state index is 12.1. The number of phenolic OH excluding ortho intramolecular Hbond substituents is 1. The molecule has 0 atom stereocenters. The Kier molecular flexibility index (Phi) is 5.74. The van der Waals surface area contributed by atoms with Crippen molar-refractivity contribution in [3.05, 3.63) is 85.1 Å². The van der Waals surface area contributed by atoms with Crippen LogP contribution in [0.1, 0.15) is 16.1 Å². The van der Waals surface area contributed by atoms with Crippen LogP contribution in [0.15, 0.2) is 58.0 Å². The molecule has 0 aliphatic heterocycles. The highest BCUT2D eigenvalue weighted by Crippen LogP contribution is 2.33. The van der Waals surface area contributed by atoms with E-state index < -0.39 is 21.5 Å². The topological polar surface area (TPSA) is 161 Å². The van der Waals surface area contributed by atoms with Crippen LogP contribution in [0.4, 0.5) is 11.4 Å². The first-order chi connectivity index (χ1) is 14.3. The summed E-state index contributed by atoms with van der Waals surface area (Å²) in [6, 6.07) is 10.0. The summed E-state index contributed by atoms with van der Waals surface area (Å²) < 4.78 is 5.48. The molecule has 0 spiro atoms. The van der Waals surface area contributed by atoms with Crippen molar-refractivity contribution in [2.45, 2.75) is 0 Å². The van der Waals surface area contributed by atoms with Gasteiger partial charge in [-0.15, -0.1) is 0 Å². The lowest BCUT2D eigenvalue weighted by Gasteiger charge is -2.02. The van der Waals surface area contributed by atoms with Crippen LogP contribution < -0.4 is 5.43 Å². The van der Waals surface area contributed by atoms with Gasteiger partial charge in [-0.25, -0.2) is 5.43 Å². The smallest absolute Gasteiger partial charge is 0.281 e. The summed E-state index contributed by atoms with van der Waals surface area (Å²) in [6.45, 7) is 0. The standard InChI is InChI=1S/C18H11ClN4O7/c19-10-1-4-13(15(7-10)23(28)29)17-6-3-12(30-17)9-20-21-18(25)14-8-11(22(26)27)2-5-16(14)24/h1-9,24H,(H,21,25)/b20-9+. The molecular formula is C18H11ClN4O7. The quantitative estimate of drug-likeness (QED) is 0.340. The van der Waals surface area contributed by atoms with Gasteiger partial charge in [0.05, 0.1) is 27.2 Å². The molecule has 0 aliphatic rings. The highest BCUT2D eigenvalue weighted by molar-refractivity contribution is 6.30. The molecule has 3 aromatic rings. The summed E-state index contributed by atoms with van der Waals surface area (Å²) in [7, 11) is 0. The summed E-state index contributed by atoms with van der Waals surface area (Å²) in [4.78, 5) is 32.8. The van der Waals surface area contributed by atoms with Crippen LogP contribution >= 0.6 is 11.6 Å². The van der Waals surface area contributed by atoms with E-state index in [-0.39, 0.29) is 39.0 Å². The van der Waals surface area contributed by atoms with Crippen LogP contribution in [-0.4, -0.2) is 27.1 Å². The lowest BCUT2D eigenvalue weighted by atomic mass is 10.1. The number of hydrogen-bond acceptors (Lipinski definition) is 8. The fourth-order valence-electron chi connectivity index (χ4n) is 2.47. The maximum Gasteiger partial charge on any atom is 0.281 e. The molecule has 1 heterocycles. The average Bonchev–Trinajstić information content (AvgIpc) is 3.16. The molecule has 30 heavy (non-hydrogen) atoms. The van der Waals surface area contributed by atoms with Crippen molar-refractivity contribution >= 4 is 35.1 Å². The van der Waals surface area contributed by atoms with Crippen LogP contribution in [0.5, 0.6) is 5.75 Å². The van der Waals surface area contributed by atoms with E-state index in [0.717, 1.165) is 24.4 Å². The van der Waals surface area contributed by atoms with Gasteiger partial charge in [-0.1, -0.05) is 11.6 Å². The Hall–Kier alpha value is -4.25. The highest BCUT2D eigenvalue weighted by Gasteiger charge is 2.19. The Morgan fingerprint density at radius 1 is 1.10 bits per heavy atom. The van der Waals surface area contributed by atoms with Gasteiger partial charge in [0.1, 0.15) is 17.3 Å². The van der Waals surface area contributed by atoms with Crippen molar-refractivity contribution in [1.29, 1.82) is 0 Å². The molecule has 0 radical (unpaired) electrons. The molecule has 152 valence electrons. The van der Waals surface area contributed by atoms with E-state index >= 15 is 0 Å². The number of hydrazone groups is 1. The molecule has 0 saturated heterocycles. The third-order valence-corrected chi connectivity index (χ3v) is 4.08. The van der Waals surface area contributed by atoms with Gasteiger partial charge in [-0.2, -0.15) is 5.10 Å². The minimum atomic E-state index is -0.882. The van der Waals surface area contributed by atoms with Crippen molar-refractivity contribution in [2.75, 3.05) is 0 Å². The zero-order valence-corrected chi connectivity index (χ0v) is 15.6. The first-order valence-electron chi connectivity index (χ1n) is 8.11. The lowest BCUT2D eigenvalue weighted by molar-refractivity contribution is -0.384. The van der Waals surface area contributed by atoms with Crippen LogP contribution in [0, 0.1) is 20.2 Å². The number of furan rings is 1. The van der Waals surface area contributed by atoms with Gasteiger partial charge >= 0.3 is 0 Å². The van der Waals surface area contributed by atoms with E-state index in [1.54, 1.807) is 0 Å². The summed E-state index contributed by atoms with van der Waals surface area (Å²) in [5.74, 6) is -0.989. The Balaban J connectivity index is 1.76. The number of carbonyl (C=O) groups is 1. The van der Waals surface area contributed by atoms with Gasteiger partial charge < -0.3 is 9.52 Å². The summed E-state index contributed by atoms with van der Waals surface area (Å²) >= 11 is 5.79. The number of carbonyl (C=O) groups excluding carboxylic acids is 1. The average molecular weight is 431 g/mol. The number of nitro groups is 2. The van der Waals surface area contributed by atoms with Crippen LogP contribution in [-0.2, 0) is 0 Å². The number of amides is 1. The SMILES string of the molecule is O=C(N/N=C/c1ccc(-c2ccc(Cl)cc2[N+](=O)[O-])o1)c1cc([N+](=O)[O-])ccc1O. The number of rotatable bonds is 6. The first kappa shape index (κ1) is 20.5. The van der Waals surface area contributed by atoms with E-state index in [4.69, 9.17) is 16.0 Å². The fourth-order valence-corrected chi connectivity index (χ4v) is 2.63. The van der Waals surface area contributed by atoms with Crippen molar-refractivity contribution in [3.8, 4) is 17.1 Å². The molecule has 2 aromatic carbocycles. The molecule has 3 rings (SSSR count). The molecule has 12 heteroatoms. The molecule has 0 aliphatic carbocycles. The minimum Gasteiger partial charge on any atom is -0.507 e. The molecule has 0 bridgehead atoms. The predicted molar refractivity (Wildman–Crippen MR) is 106 cm³/mol. The van der Waals surface area contributed by atoms with Gasteiger partial charge in [-0.3, -0.25) is 25.0 Å². The Labute approximate surface area is 172 Å². The van der Waals surface area contributed by atoms with Crippen LogP contribution in [0.3, 0.4) is 0 Å². The van der Waals surface area contributed by atoms with Crippen LogP contribution in [0.25, 0.3) is 11.3 Å². The minimum absolute atomic E-state index is 0.165. The molecular weight excluding hydrogens is 420 g/mol. The second-order valence-electron chi connectivity index (χ2n) is 5.78. The van der Waals surface area contributed by atoms with E-state index in [1.807, 2.05) is 0 Å². The second kappa shape index (κ2) is 8.41. The number of aromatic hydroxyl groups is 1.